The first kappa shape index (κ1) is 13.6. The highest BCUT2D eigenvalue weighted by molar-refractivity contribution is 7.09. The molecule has 19 heavy (non-hydrogen) atoms. The van der Waals surface area contributed by atoms with Gasteiger partial charge in [0.15, 0.2) is 0 Å². The minimum Gasteiger partial charge on any atom is -0.314 e. The Hall–Kier alpha value is -0.380. The molecule has 3 heteroatoms. The smallest absolute Gasteiger partial charge is 0.0249 e. The molecule has 1 aliphatic carbocycles. The lowest BCUT2D eigenvalue weighted by Crippen LogP contribution is -2.55. The van der Waals surface area contributed by atoms with Crippen molar-refractivity contribution >= 4 is 11.3 Å². The summed E-state index contributed by atoms with van der Waals surface area (Å²) < 4.78 is 0. The van der Waals surface area contributed by atoms with Crippen molar-refractivity contribution in [1.82, 2.24) is 10.2 Å². The van der Waals surface area contributed by atoms with Gasteiger partial charge in [0.2, 0.25) is 0 Å². The van der Waals surface area contributed by atoms with Crippen molar-refractivity contribution in [3.05, 3.63) is 22.4 Å². The molecule has 2 nitrogen and oxygen atoms in total. The van der Waals surface area contributed by atoms with Crippen LogP contribution in [0.2, 0.25) is 0 Å². The molecule has 1 saturated carbocycles. The molecule has 1 aliphatic heterocycles. The topological polar surface area (TPSA) is 15.3 Å². The first-order valence-corrected chi connectivity index (χ1v) is 8.78. The summed E-state index contributed by atoms with van der Waals surface area (Å²) in [6.45, 7) is 4.89. The quantitative estimate of drug-likeness (QED) is 0.910. The maximum Gasteiger partial charge on any atom is 0.0249 e. The zero-order valence-electron chi connectivity index (χ0n) is 11.8. The van der Waals surface area contributed by atoms with Crippen LogP contribution in [0.3, 0.4) is 0 Å². The number of rotatable bonds is 4. The fraction of sp³-hybridized carbons (Fsp3) is 0.750. The van der Waals surface area contributed by atoms with Gasteiger partial charge in [-0.1, -0.05) is 25.3 Å². The van der Waals surface area contributed by atoms with E-state index in [2.05, 4.69) is 27.7 Å². The van der Waals surface area contributed by atoms with Crippen LogP contribution in [0, 0.1) is 5.92 Å². The van der Waals surface area contributed by atoms with Crippen LogP contribution >= 0.6 is 11.3 Å². The molecule has 1 saturated heterocycles. The highest BCUT2D eigenvalue weighted by Gasteiger charge is 2.30. The van der Waals surface area contributed by atoms with Gasteiger partial charge in [0.05, 0.1) is 0 Å². The summed E-state index contributed by atoms with van der Waals surface area (Å²) >= 11 is 1.91. The van der Waals surface area contributed by atoms with E-state index >= 15 is 0 Å². The molecule has 1 N–H and O–H groups in total. The summed E-state index contributed by atoms with van der Waals surface area (Å²) in [5, 5.41) is 5.82. The van der Waals surface area contributed by atoms with Gasteiger partial charge in [0.1, 0.15) is 0 Å². The molecule has 3 rings (SSSR count). The Bertz CT molecular complexity index is 357. The van der Waals surface area contributed by atoms with Crippen molar-refractivity contribution < 1.29 is 0 Å². The third kappa shape index (κ3) is 3.59. The van der Waals surface area contributed by atoms with E-state index in [1.807, 2.05) is 11.3 Å². The van der Waals surface area contributed by atoms with E-state index in [1.165, 1.54) is 64.7 Å². The van der Waals surface area contributed by atoms with Crippen LogP contribution in [-0.4, -0.2) is 37.1 Å². The van der Waals surface area contributed by atoms with Gasteiger partial charge in [-0.05, 0) is 36.6 Å². The van der Waals surface area contributed by atoms with Crippen LogP contribution in [0.5, 0.6) is 0 Å². The molecule has 2 fully saturated rings. The predicted octanol–water partition coefficient (Wildman–Crippen LogP) is 3.14. The lowest BCUT2D eigenvalue weighted by Gasteiger charge is -2.42. The van der Waals surface area contributed by atoms with Crippen LogP contribution in [0.4, 0.5) is 0 Å². The Morgan fingerprint density at radius 1 is 1.26 bits per heavy atom. The molecule has 2 aliphatic rings. The molecule has 1 atom stereocenters. The number of piperazine rings is 1. The monoisotopic (exact) mass is 278 g/mol. The molecular weight excluding hydrogens is 252 g/mol. The molecule has 0 radical (unpaired) electrons. The third-order valence-electron chi connectivity index (χ3n) is 4.82. The van der Waals surface area contributed by atoms with E-state index in [9.17, 15) is 0 Å². The van der Waals surface area contributed by atoms with E-state index < -0.39 is 0 Å². The molecule has 2 heterocycles. The van der Waals surface area contributed by atoms with E-state index in [1.54, 1.807) is 4.88 Å². The van der Waals surface area contributed by atoms with Gasteiger partial charge in [-0.25, -0.2) is 0 Å². The Balaban J connectivity index is 1.56. The molecule has 106 valence electrons. The number of nitrogens with zero attached hydrogens (tertiary/aromatic N) is 1. The van der Waals surface area contributed by atoms with E-state index in [-0.39, 0.29) is 0 Å². The molecule has 0 spiro atoms. The van der Waals surface area contributed by atoms with Gasteiger partial charge in [0.25, 0.3) is 0 Å². The minimum absolute atomic E-state index is 0.800. The molecular formula is C16H26N2S. The zero-order valence-corrected chi connectivity index (χ0v) is 12.6. The second kappa shape index (κ2) is 6.87. The highest BCUT2D eigenvalue weighted by atomic mass is 32.1. The van der Waals surface area contributed by atoms with Gasteiger partial charge < -0.3 is 5.32 Å². The largest absolute Gasteiger partial charge is 0.314 e. The average Bonchev–Trinajstić information content (AvgIpc) is 3.00. The van der Waals surface area contributed by atoms with Gasteiger partial charge in [-0.15, -0.1) is 11.3 Å². The van der Waals surface area contributed by atoms with Gasteiger partial charge in [0, 0.05) is 37.1 Å². The second-order valence-corrected chi connectivity index (χ2v) is 7.07. The van der Waals surface area contributed by atoms with E-state index in [4.69, 9.17) is 0 Å². The van der Waals surface area contributed by atoms with Gasteiger partial charge in [-0.3, -0.25) is 4.90 Å². The lowest BCUT2D eigenvalue weighted by molar-refractivity contribution is 0.0939. The highest BCUT2D eigenvalue weighted by Crippen LogP contribution is 2.29. The van der Waals surface area contributed by atoms with Crippen molar-refractivity contribution in [2.45, 2.75) is 44.6 Å². The second-order valence-electron chi connectivity index (χ2n) is 6.03. The first-order valence-electron chi connectivity index (χ1n) is 7.90. The number of hydrogen-bond acceptors (Lipinski definition) is 3. The Kier molecular flexibility index (Phi) is 4.91. The minimum atomic E-state index is 0.800. The SMILES string of the molecule is c1csc(CCN2CCNCC2C2CCCCC2)c1. The fourth-order valence-electron chi connectivity index (χ4n) is 3.74. The van der Waals surface area contributed by atoms with Crippen molar-refractivity contribution in [3.63, 3.8) is 0 Å². The Morgan fingerprint density at radius 2 is 2.16 bits per heavy atom. The number of hydrogen-bond donors (Lipinski definition) is 1. The van der Waals surface area contributed by atoms with Crippen LogP contribution < -0.4 is 5.32 Å². The van der Waals surface area contributed by atoms with Gasteiger partial charge in [-0.2, -0.15) is 0 Å². The summed E-state index contributed by atoms with van der Waals surface area (Å²) in [5.74, 6) is 0.949. The maximum atomic E-state index is 3.62. The van der Waals surface area contributed by atoms with Crippen molar-refractivity contribution in [2.24, 2.45) is 5.92 Å². The fourth-order valence-corrected chi connectivity index (χ4v) is 4.44. The molecule has 1 aromatic heterocycles. The summed E-state index contributed by atoms with van der Waals surface area (Å²) in [5.41, 5.74) is 0. The summed E-state index contributed by atoms with van der Waals surface area (Å²) in [6.07, 6.45) is 8.54. The normalized spacial score (nSPS) is 26.6. The van der Waals surface area contributed by atoms with Crippen LogP contribution in [0.25, 0.3) is 0 Å². The summed E-state index contributed by atoms with van der Waals surface area (Å²) in [6, 6.07) is 5.26. The molecule has 0 bridgehead atoms. The standard InChI is InChI=1S/C16H26N2S/c1-2-5-14(6-3-1)16-13-17-9-11-18(16)10-8-15-7-4-12-19-15/h4,7,12,14,16-17H,1-3,5-6,8-11,13H2. The molecule has 0 amide bonds. The summed E-state index contributed by atoms with van der Waals surface area (Å²) in [7, 11) is 0. The number of nitrogens with one attached hydrogen (secondary N) is 1. The predicted molar refractivity (Wildman–Crippen MR) is 82.8 cm³/mol. The average molecular weight is 278 g/mol. The third-order valence-corrected chi connectivity index (χ3v) is 5.75. The Morgan fingerprint density at radius 3 is 2.95 bits per heavy atom. The van der Waals surface area contributed by atoms with Crippen LogP contribution in [-0.2, 0) is 6.42 Å². The van der Waals surface area contributed by atoms with Gasteiger partial charge >= 0.3 is 0 Å². The maximum absolute atomic E-state index is 3.62. The van der Waals surface area contributed by atoms with E-state index in [0.717, 1.165) is 12.0 Å². The zero-order chi connectivity index (χ0) is 12.9. The summed E-state index contributed by atoms with van der Waals surface area (Å²) in [4.78, 5) is 4.31. The number of thiophene rings is 1. The van der Waals surface area contributed by atoms with Crippen LogP contribution in [0.1, 0.15) is 37.0 Å². The molecule has 1 aromatic rings. The molecule has 0 aromatic carbocycles. The Labute approximate surface area is 121 Å². The lowest BCUT2D eigenvalue weighted by atomic mass is 9.82. The molecule has 1 unspecified atom stereocenters. The first-order chi connectivity index (χ1) is 9.43. The van der Waals surface area contributed by atoms with Crippen molar-refractivity contribution in [1.29, 1.82) is 0 Å². The van der Waals surface area contributed by atoms with Crippen molar-refractivity contribution in [2.75, 3.05) is 26.2 Å². The van der Waals surface area contributed by atoms with Crippen LogP contribution in [0.15, 0.2) is 17.5 Å². The van der Waals surface area contributed by atoms with Crippen molar-refractivity contribution in [3.8, 4) is 0 Å². The van der Waals surface area contributed by atoms with E-state index in [0.29, 0.717) is 0 Å².